The summed E-state index contributed by atoms with van der Waals surface area (Å²) in [5, 5.41) is 12.5. The van der Waals surface area contributed by atoms with E-state index in [1.54, 1.807) is 0 Å². The minimum absolute atomic E-state index is 0. The van der Waals surface area contributed by atoms with Gasteiger partial charge in [-0.05, 0) is 31.2 Å². The van der Waals surface area contributed by atoms with Crippen LogP contribution in [-0.4, -0.2) is 11.7 Å². The quantitative estimate of drug-likeness (QED) is 0.732. The zero-order valence-corrected chi connectivity index (χ0v) is 7.77. The maximum atomic E-state index is 12.7. The zero-order chi connectivity index (χ0) is 8.55. The van der Waals surface area contributed by atoms with E-state index < -0.39 is 0 Å². The van der Waals surface area contributed by atoms with Gasteiger partial charge in [0.05, 0.1) is 0 Å². The Labute approximate surface area is 82.2 Å². The summed E-state index contributed by atoms with van der Waals surface area (Å²) in [4.78, 5) is 0. The molecule has 0 saturated carbocycles. The van der Waals surface area contributed by atoms with E-state index in [-0.39, 0.29) is 30.0 Å². The number of benzene rings is 1. The maximum Gasteiger partial charge on any atom is 0.123 e. The van der Waals surface area contributed by atoms with Gasteiger partial charge in [-0.2, -0.15) is 0 Å². The third kappa shape index (κ3) is 1.92. The average molecular weight is 204 g/mol. The number of hydrogen-bond donors (Lipinski definition) is 2. The lowest BCUT2D eigenvalue weighted by Gasteiger charge is -2.28. The number of rotatable bonds is 1. The van der Waals surface area contributed by atoms with Crippen molar-refractivity contribution in [1.29, 1.82) is 0 Å². The van der Waals surface area contributed by atoms with Crippen molar-refractivity contribution in [3.8, 4) is 5.75 Å². The van der Waals surface area contributed by atoms with Gasteiger partial charge >= 0.3 is 0 Å². The van der Waals surface area contributed by atoms with Gasteiger partial charge in [-0.15, -0.1) is 12.4 Å². The monoisotopic (exact) mass is 203 g/mol. The Bertz CT molecular complexity index is 302. The molecule has 1 aliphatic heterocycles. The van der Waals surface area contributed by atoms with Gasteiger partial charge in [-0.25, -0.2) is 4.39 Å². The van der Waals surface area contributed by atoms with Crippen molar-refractivity contribution >= 4 is 12.4 Å². The maximum absolute atomic E-state index is 12.7. The highest BCUT2D eigenvalue weighted by molar-refractivity contribution is 5.85. The minimum Gasteiger partial charge on any atom is -0.508 e. The number of halogens is 2. The van der Waals surface area contributed by atoms with Crippen molar-refractivity contribution in [2.75, 3.05) is 6.54 Å². The molecule has 2 nitrogen and oxygen atoms in total. The van der Waals surface area contributed by atoms with E-state index in [0.717, 1.165) is 13.0 Å². The van der Waals surface area contributed by atoms with Crippen molar-refractivity contribution < 1.29 is 9.50 Å². The second-order valence-corrected chi connectivity index (χ2v) is 3.00. The van der Waals surface area contributed by atoms with Crippen molar-refractivity contribution in [3.63, 3.8) is 0 Å². The molecule has 1 saturated heterocycles. The molecule has 13 heavy (non-hydrogen) atoms. The molecular weight excluding hydrogens is 193 g/mol. The number of phenolic OH excluding ortho intramolecular Hbond substituents is 1. The van der Waals surface area contributed by atoms with Gasteiger partial charge in [-0.1, -0.05) is 0 Å². The molecule has 0 spiro atoms. The molecule has 0 radical (unpaired) electrons. The Morgan fingerprint density at radius 2 is 2.15 bits per heavy atom. The molecule has 1 heterocycles. The molecule has 0 bridgehead atoms. The van der Waals surface area contributed by atoms with Crippen LogP contribution < -0.4 is 5.32 Å². The minimum atomic E-state index is -0.295. The highest BCUT2D eigenvalue weighted by atomic mass is 35.5. The van der Waals surface area contributed by atoms with Gasteiger partial charge in [-0.3, -0.25) is 0 Å². The second kappa shape index (κ2) is 3.94. The molecule has 2 N–H and O–H groups in total. The number of phenols is 1. The SMILES string of the molecule is Cl.Oc1ccc(F)cc1[C@H]1CCN1. The second-order valence-electron chi connectivity index (χ2n) is 3.00. The van der Waals surface area contributed by atoms with Crippen LogP contribution >= 0.6 is 12.4 Å². The van der Waals surface area contributed by atoms with Gasteiger partial charge in [0.2, 0.25) is 0 Å². The Balaban J connectivity index is 0.000000845. The highest BCUT2D eigenvalue weighted by Gasteiger charge is 2.21. The summed E-state index contributed by atoms with van der Waals surface area (Å²) in [7, 11) is 0. The topological polar surface area (TPSA) is 32.3 Å². The van der Waals surface area contributed by atoms with Crippen LogP contribution in [0, 0.1) is 5.82 Å². The molecule has 0 unspecified atom stereocenters. The lowest BCUT2D eigenvalue weighted by molar-refractivity contribution is 0.362. The predicted molar refractivity (Wildman–Crippen MR) is 50.7 cm³/mol. The van der Waals surface area contributed by atoms with E-state index >= 15 is 0 Å². The summed E-state index contributed by atoms with van der Waals surface area (Å²) in [6.07, 6.45) is 0.969. The Hall–Kier alpha value is -0.800. The van der Waals surface area contributed by atoms with Gasteiger partial charge in [0.15, 0.2) is 0 Å². The van der Waals surface area contributed by atoms with E-state index in [9.17, 15) is 9.50 Å². The Kier molecular flexibility index (Phi) is 3.12. The van der Waals surface area contributed by atoms with Crippen LogP contribution in [0.2, 0.25) is 0 Å². The molecule has 72 valence electrons. The van der Waals surface area contributed by atoms with Crippen LogP contribution in [0.25, 0.3) is 0 Å². The van der Waals surface area contributed by atoms with E-state index in [0.29, 0.717) is 5.56 Å². The van der Waals surface area contributed by atoms with Crippen LogP contribution in [0.5, 0.6) is 5.75 Å². The van der Waals surface area contributed by atoms with Crippen molar-refractivity contribution in [3.05, 3.63) is 29.6 Å². The number of hydrogen-bond acceptors (Lipinski definition) is 2. The summed E-state index contributed by atoms with van der Waals surface area (Å²) in [5.41, 5.74) is 0.668. The van der Waals surface area contributed by atoms with E-state index in [2.05, 4.69) is 5.32 Å². The fraction of sp³-hybridized carbons (Fsp3) is 0.333. The molecule has 2 rings (SSSR count). The lowest BCUT2D eigenvalue weighted by Crippen LogP contribution is -2.34. The third-order valence-corrected chi connectivity index (χ3v) is 2.19. The predicted octanol–water partition coefficient (Wildman–Crippen LogP) is 1.99. The van der Waals surface area contributed by atoms with Gasteiger partial charge < -0.3 is 10.4 Å². The standard InChI is InChI=1S/C9H10FNO.ClH/c10-6-1-2-9(12)7(5-6)8-3-4-11-8;/h1-2,5,8,11-12H,3-4H2;1H/t8-;/m1./s1. The summed E-state index contributed by atoms with van der Waals surface area (Å²) in [6.45, 7) is 0.945. The molecule has 0 amide bonds. The van der Waals surface area contributed by atoms with Gasteiger partial charge in [0, 0.05) is 11.6 Å². The molecule has 1 aromatic rings. The lowest BCUT2D eigenvalue weighted by atomic mass is 9.97. The molecule has 1 atom stereocenters. The summed E-state index contributed by atoms with van der Waals surface area (Å²) < 4.78 is 12.7. The summed E-state index contributed by atoms with van der Waals surface area (Å²) in [5.74, 6) is -0.120. The van der Waals surface area contributed by atoms with E-state index in [1.165, 1.54) is 18.2 Å². The third-order valence-electron chi connectivity index (χ3n) is 2.19. The first-order valence-corrected chi connectivity index (χ1v) is 3.99. The van der Waals surface area contributed by atoms with Crippen LogP contribution in [-0.2, 0) is 0 Å². The van der Waals surface area contributed by atoms with Crippen LogP contribution in [0.15, 0.2) is 18.2 Å². The van der Waals surface area contributed by atoms with Crippen molar-refractivity contribution in [2.45, 2.75) is 12.5 Å². The molecule has 1 fully saturated rings. The molecular formula is C9H11ClFNO. The molecule has 1 aliphatic rings. The first-order valence-electron chi connectivity index (χ1n) is 3.99. The van der Waals surface area contributed by atoms with Crippen LogP contribution in [0.1, 0.15) is 18.0 Å². The van der Waals surface area contributed by atoms with E-state index in [4.69, 9.17) is 0 Å². The molecule has 0 aromatic heterocycles. The van der Waals surface area contributed by atoms with Crippen LogP contribution in [0.3, 0.4) is 0 Å². The Morgan fingerprint density at radius 3 is 2.69 bits per heavy atom. The summed E-state index contributed by atoms with van der Waals surface area (Å²) >= 11 is 0. The fourth-order valence-corrected chi connectivity index (χ4v) is 1.36. The number of aromatic hydroxyl groups is 1. The molecule has 4 heteroatoms. The van der Waals surface area contributed by atoms with Gasteiger partial charge in [0.25, 0.3) is 0 Å². The van der Waals surface area contributed by atoms with Crippen LogP contribution in [0.4, 0.5) is 4.39 Å². The smallest absolute Gasteiger partial charge is 0.123 e. The normalized spacial score (nSPS) is 20.2. The average Bonchev–Trinajstić information content (AvgIpc) is 1.93. The first kappa shape index (κ1) is 10.3. The van der Waals surface area contributed by atoms with Crippen molar-refractivity contribution in [1.82, 2.24) is 5.32 Å². The van der Waals surface area contributed by atoms with Crippen molar-refractivity contribution in [2.24, 2.45) is 0 Å². The molecule has 1 aromatic carbocycles. The molecule has 0 aliphatic carbocycles. The fourth-order valence-electron chi connectivity index (χ4n) is 1.36. The highest BCUT2D eigenvalue weighted by Crippen LogP contribution is 2.30. The number of nitrogens with one attached hydrogen (secondary N) is 1. The Morgan fingerprint density at radius 1 is 1.46 bits per heavy atom. The van der Waals surface area contributed by atoms with E-state index in [1.807, 2.05) is 0 Å². The largest absolute Gasteiger partial charge is 0.508 e. The first-order chi connectivity index (χ1) is 5.77. The van der Waals surface area contributed by atoms with Gasteiger partial charge in [0.1, 0.15) is 11.6 Å². The zero-order valence-electron chi connectivity index (χ0n) is 6.96. The summed E-state index contributed by atoms with van der Waals surface area (Å²) in [6, 6.07) is 4.18.